The van der Waals surface area contributed by atoms with Gasteiger partial charge in [-0.3, -0.25) is 4.98 Å². The summed E-state index contributed by atoms with van der Waals surface area (Å²) in [4.78, 5) is 4.35. The van der Waals surface area contributed by atoms with Gasteiger partial charge in [0, 0.05) is 11.6 Å². The Morgan fingerprint density at radius 3 is 2.94 bits per heavy atom. The van der Waals surface area contributed by atoms with E-state index in [4.69, 9.17) is 0 Å². The normalized spacial score (nSPS) is 12.8. The summed E-state index contributed by atoms with van der Waals surface area (Å²) in [5, 5.41) is 4.50. The molecule has 90 valence electrons. The lowest BCUT2D eigenvalue weighted by molar-refractivity contribution is 0.481. The highest BCUT2D eigenvalue weighted by Crippen LogP contribution is 2.17. The molecule has 0 spiro atoms. The van der Waals surface area contributed by atoms with Crippen molar-refractivity contribution in [3.63, 3.8) is 0 Å². The number of nitrogens with one attached hydrogen (secondary N) is 1. The number of nitrogens with zero attached hydrogens (tertiary/aromatic N) is 1. The molecule has 1 aromatic heterocycles. The van der Waals surface area contributed by atoms with E-state index in [9.17, 15) is 0 Å². The zero-order valence-electron chi connectivity index (χ0n) is 10.6. The number of aromatic nitrogens is 1. The van der Waals surface area contributed by atoms with Crippen LogP contribution in [0.2, 0.25) is 0 Å². The molecule has 1 heterocycles. The zero-order valence-corrected chi connectivity index (χ0v) is 10.6. The highest BCUT2D eigenvalue weighted by Gasteiger charge is 2.06. The first kappa shape index (κ1) is 12.1. The molecule has 0 fully saturated rings. The van der Waals surface area contributed by atoms with Gasteiger partial charge in [-0.2, -0.15) is 0 Å². The summed E-state index contributed by atoms with van der Waals surface area (Å²) in [5.41, 5.74) is 2.49. The second kappa shape index (κ2) is 5.78. The van der Waals surface area contributed by atoms with E-state index in [0.717, 1.165) is 18.5 Å². The van der Waals surface area contributed by atoms with Gasteiger partial charge in [-0.15, -0.1) is 0 Å². The monoisotopic (exact) mass is 228 g/mol. The maximum Gasteiger partial charge on any atom is 0.0702 e. The summed E-state index contributed by atoms with van der Waals surface area (Å²) in [5.74, 6) is 0.717. The minimum atomic E-state index is 0.717. The minimum absolute atomic E-state index is 0.717. The van der Waals surface area contributed by atoms with Gasteiger partial charge in [-0.25, -0.2) is 0 Å². The third-order valence-electron chi connectivity index (χ3n) is 3.26. The molecule has 0 amide bonds. The van der Waals surface area contributed by atoms with Crippen molar-refractivity contribution in [2.75, 3.05) is 13.6 Å². The molecule has 17 heavy (non-hydrogen) atoms. The fourth-order valence-electron chi connectivity index (χ4n) is 2.23. The van der Waals surface area contributed by atoms with E-state index in [0.29, 0.717) is 5.92 Å². The molecular formula is C15H20N2. The summed E-state index contributed by atoms with van der Waals surface area (Å²) in [6, 6.07) is 10.7. The lowest BCUT2D eigenvalue weighted by Crippen LogP contribution is -2.20. The summed E-state index contributed by atoms with van der Waals surface area (Å²) in [6.07, 6.45) is 4.20. The van der Waals surface area contributed by atoms with Crippen molar-refractivity contribution >= 4 is 10.9 Å². The Hall–Kier alpha value is -1.41. The third kappa shape index (κ3) is 3.04. The molecule has 0 aliphatic carbocycles. The lowest BCUT2D eigenvalue weighted by atomic mass is 9.96. The predicted molar refractivity (Wildman–Crippen MR) is 73.2 cm³/mol. The van der Waals surface area contributed by atoms with Crippen molar-refractivity contribution in [1.29, 1.82) is 0 Å². The molecule has 1 atom stereocenters. The molecule has 2 heteroatoms. The summed E-state index contributed by atoms with van der Waals surface area (Å²) in [6.45, 7) is 3.34. The first-order valence-corrected chi connectivity index (χ1v) is 6.31. The van der Waals surface area contributed by atoms with E-state index in [1.165, 1.54) is 17.4 Å². The van der Waals surface area contributed by atoms with Crippen LogP contribution in [0, 0.1) is 5.92 Å². The van der Waals surface area contributed by atoms with Crippen LogP contribution < -0.4 is 5.32 Å². The first-order valence-electron chi connectivity index (χ1n) is 6.31. The van der Waals surface area contributed by atoms with Crippen LogP contribution in [0.15, 0.2) is 36.5 Å². The van der Waals surface area contributed by atoms with Crippen LogP contribution in [-0.4, -0.2) is 18.6 Å². The Balaban J connectivity index is 2.18. The van der Waals surface area contributed by atoms with Crippen molar-refractivity contribution in [2.45, 2.75) is 19.8 Å². The Morgan fingerprint density at radius 2 is 2.18 bits per heavy atom. The van der Waals surface area contributed by atoms with E-state index < -0.39 is 0 Å². The molecule has 2 nitrogen and oxygen atoms in total. The van der Waals surface area contributed by atoms with Crippen molar-refractivity contribution in [3.8, 4) is 0 Å². The Bertz CT molecular complexity index is 479. The second-order valence-corrected chi connectivity index (χ2v) is 4.57. The molecule has 0 saturated heterocycles. The van der Waals surface area contributed by atoms with Crippen LogP contribution in [0.1, 0.15) is 18.9 Å². The van der Waals surface area contributed by atoms with Gasteiger partial charge in [0.2, 0.25) is 0 Å². The molecule has 2 aromatic rings. The molecule has 0 bridgehead atoms. The van der Waals surface area contributed by atoms with Gasteiger partial charge in [-0.05, 0) is 49.7 Å². The molecule has 1 unspecified atom stereocenters. The quantitative estimate of drug-likeness (QED) is 0.851. The molecular weight excluding hydrogens is 208 g/mol. The van der Waals surface area contributed by atoms with Gasteiger partial charge in [0.05, 0.1) is 5.52 Å². The number of rotatable bonds is 5. The minimum Gasteiger partial charge on any atom is -0.319 e. The largest absolute Gasteiger partial charge is 0.319 e. The number of pyridine rings is 1. The average molecular weight is 228 g/mol. The van der Waals surface area contributed by atoms with Crippen molar-refractivity contribution in [2.24, 2.45) is 5.92 Å². The zero-order chi connectivity index (χ0) is 12.1. The summed E-state index contributed by atoms with van der Waals surface area (Å²) >= 11 is 0. The maximum atomic E-state index is 4.35. The Kier molecular flexibility index (Phi) is 4.10. The highest BCUT2D eigenvalue weighted by atomic mass is 14.8. The van der Waals surface area contributed by atoms with Crippen LogP contribution in [0.5, 0.6) is 0 Å². The molecule has 0 aliphatic heterocycles. The van der Waals surface area contributed by atoms with E-state index in [-0.39, 0.29) is 0 Å². The Labute approximate surface area is 103 Å². The first-order chi connectivity index (χ1) is 8.33. The SMILES string of the molecule is CCC(CNC)Cc1ccc2ncccc2c1. The Morgan fingerprint density at radius 1 is 1.29 bits per heavy atom. The highest BCUT2D eigenvalue weighted by molar-refractivity contribution is 5.78. The van der Waals surface area contributed by atoms with Gasteiger partial charge in [0.25, 0.3) is 0 Å². The van der Waals surface area contributed by atoms with E-state index in [2.05, 4.69) is 41.5 Å². The van der Waals surface area contributed by atoms with Gasteiger partial charge >= 0.3 is 0 Å². The number of benzene rings is 1. The summed E-state index contributed by atoms with van der Waals surface area (Å²) < 4.78 is 0. The average Bonchev–Trinajstić information content (AvgIpc) is 2.38. The standard InChI is InChI=1S/C15H20N2/c1-3-12(11-16-2)9-13-6-7-15-14(10-13)5-4-8-17-15/h4-8,10,12,16H,3,9,11H2,1-2H3. The van der Waals surface area contributed by atoms with Crippen LogP contribution in [0.25, 0.3) is 10.9 Å². The van der Waals surface area contributed by atoms with Crippen LogP contribution >= 0.6 is 0 Å². The summed E-state index contributed by atoms with van der Waals surface area (Å²) in [7, 11) is 2.02. The van der Waals surface area contributed by atoms with Gasteiger partial charge in [0.1, 0.15) is 0 Å². The fraction of sp³-hybridized carbons (Fsp3) is 0.400. The molecule has 1 aromatic carbocycles. The number of fused-ring (bicyclic) bond motifs is 1. The smallest absolute Gasteiger partial charge is 0.0702 e. The van der Waals surface area contributed by atoms with Gasteiger partial charge in [-0.1, -0.05) is 25.5 Å². The van der Waals surface area contributed by atoms with Gasteiger partial charge < -0.3 is 5.32 Å². The molecule has 1 N–H and O–H groups in total. The molecule has 0 radical (unpaired) electrons. The third-order valence-corrected chi connectivity index (χ3v) is 3.26. The van der Waals surface area contributed by atoms with Gasteiger partial charge in [0.15, 0.2) is 0 Å². The van der Waals surface area contributed by atoms with Crippen LogP contribution in [-0.2, 0) is 6.42 Å². The molecule has 0 saturated carbocycles. The molecule has 0 aliphatic rings. The topological polar surface area (TPSA) is 24.9 Å². The second-order valence-electron chi connectivity index (χ2n) is 4.57. The lowest BCUT2D eigenvalue weighted by Gasteiger charge is -2.14. The van der Waals surface area contributed by atoms with Crippen molar-refractivity contribution in [1.82, 2.24) is 10.3 Å². The van der Waals surface area contributed by atoms with Crippen molar-refractivity contribution in [3.05, 3.63) is 42.1 Å². The van der Waals surface area contributed by atoms with E-state index >= 15 is 0 Å². The van der Waals surface area contributed by atoms with Crippen LogP contribution in [0.3, 0.4) is 0 Å². The maximum absolute atomic E-state index is 4.35. The van der Waals surface area contributed by atoms with Crippen LogP contribution in [0.4, 0.5) is 0 Å². The fourth-order valence-corrected chi connectivity index (χ4v) is 2.23. The number of hydrogen-bond acceptors (Lipinski definition) is 2. The number of hydrogen-bond donors (Lipinski definition) is 1. The van der Waals surface area contributed by atoms with E-state index in [1.807, 2.05) is 19.3 Å². The predicted octanol–water partition coefficient (Wildman–Crippen LogP) is 3.02. The van der Waals surface area contributed by atoms with E-state index in [1.54, 1.807) is 0 Å². The van der Waals surface area contributed by atoms with Crippen molar-refractivity contribution < 1.29 is 0 Å². The molecule has 2 rings (SSSR count).